The fourth-order valence-corrected chi connectivity index (χ4v) is 7.41. The molecule has 0 aromatic heterocycles. The topological polar surface area (TPSA) is 133 Å². The van der Waals surface area contributed by atoms with Gasteiger partial charge < -0.3 is 19.6 Å². The molecule has 2 aromatic rings. The summed E-state index contributed by atoms with van der Waals surface area (Å²) in [4.78, 5) is 18.0. The second kappa shape index (κ2) is 9.38. The van der Waals surface area contributed by atoms with E-state index in [-0.39, 0.29) is 38.0 Å². The van der Waals surface area contributed by atoms with E-state index in [1.165, 1.54) is 30.3 Å². The Labute approximate surface area is 202 Å². The van der Waals surface area contributed by atoms with Gasteiger partial charge in [-0.1, -0.05) is 36.0 Å². The average molecular weight is 536 g/mol. The van der Waals surface area contributed by atoms with E-state index >= 15 is 0 Å². The molecule has 1 atom stereocenters. The lowest BCUT2D eigenvalue weighted by Crippen LogP contribution is -2.46. The van der Waals surface area contributed by atoms with Crippen molar-refractivity contribution in [3.8, 4) is 17.2 Å². The highest BCUT2D eigenvalue weighted by Crippen LogP contribution is 2.45. The van der Waals surface area contributed by atoms with Crippen LogP contribution in [0.4, 0.5) is 0 Å². The number of phenols is 1. The zero-order valence-corrected chi connectivity index (χ0v) is 20.7. The molecule has 3 aliphatic carbocycles. The molecule has 3 fully saturated rings. The monoisotopic (exact) mass is 535 g/mol. The molecule has 2 bridgehead atoms. The van der Waals surface area contributed by atoms with Gasteiger partial charge in [-0.2, -0.15) is 0 Å². The highest BCUT2D eigenvalue weighted by atomic mass is 35.5. The summed E-state index contributed by atoms with van der Waals surface area (Å²) in [5.41, 5.74) is 0.227. The fourth-order valence-electron chi connectivity index (χ4n) is 4.72. The van der Waals surface area contributed by atoms with E-state index in [0.29, 0.717) is 11.8 Å². The Morgan fingerprint density at radius 2 is 1.70 bits per heavy atom. The van der Waals surface area contributed by atoms with Crippen LogP contribution < -0.4 is 9.46 Å². The van der Waals surface area contributed by atoms with Crippen LogP contribution in [-0.4, -0.2) is 29.4 Å². The van der Waals surface area contributed by atoms with Gasteiger partial charge in [0.2, 0.25) is 10.0 Å². The van der Waals surface area contributed by atoms with Crippen LogP contribution in [0, 0.1) is 11.8 Å². The Kier molecular flexibility index (Phi) is 7.05. The van der Waals surface area contributed by atoms with Gasteiger partial charge in [0.1, 0.15) is 16.4 Å². The molecule has 0 heterocycles. The molecule has 180 valence electrons. The van der Waals surface area contributed by atoms with Gasteiger partial charge in [0.15, 0.2) is 5.75 Å². The standard InChI is InChI=1S/C21H24Cl2NO7PS/c22-16-7-13(11-32(26,27)28)8-17(23)21(16)31-15-5-6-19(25)20(10-15)33(29,30)24-18-9-12-1-3-14(18)4-2-12/h5-8,10,12,14,18,24-25H,1-4,9,11H2,(H2,26,27,28). The minimum Gasteiger partial charge on any atom is -0.507 e. The molecular weight excluding hydrogens is 512 g/mol. The first-order valence-corrected chi connectivity index (χ1v) is 14.5. The Bertz CT molecular complexity index is 1190. The van der Waals surface area contributed by atoms with Crippen LogP contribution in [0.15, 0.2) is 35.2 Å². The number of fused-ring (bicyclic) bond motifs is 3. The minimum absolute atomic E-state index is 0.000196. The van der Waals surface area contributed by atoms with E-state index in [4.69, 9.17) is 37.7 Å². The van der Waals surface area contributed by atoms with Crippen LogP contribution in [-0.2, 0) is 20.8 Å². The Balaban J connectivity index is 1.57. The summed E-state index contributed by atoms with van der Waals surface area (Å²) in [6.45, 7) is 0. The summed E-state index contributed by atoms with van der Waals surface area (Å²) in [6.07, 6.45) is 4.53. The lowest BCUT2D eigenvalue weighted by atomic mass is 9.68. The third-order valence-corrected chi connectivity index (χ3v) is 9.10. The maximum atomic E-state index is 13.1. The van der Waals surface area contributed by atoms with Gasteiger partial charge in [0.05, 0.1) is 16.2 Å². The van der Waals surface area contributed by atoms with Crippen molar-refractivity contribution in [3.05, 3.63) is 45.9 Å². The van der Waals surface area contributed by atoms with Crippen molar-refractivity contribution in [1.29, 1.82) is 0 Å². The van der Waals surface area contributed by atoms with Gasteiger partial charge in [-0.05, 0) is 60.9 Å². The number of sulfonamides is 1. The van der Waals surface area contributed by atoms with Crippen molar-refractivity contribution in [2.75, 3.05) is 0 Å². The van der Waals surface area contributed by atoms with Crippen LogP contribution in [0.1, 0.15) is 37.7 Å². The van der Waals surface area contributed by atoms with Crippen LogP contribution in [0.3, 0.4) is 0 Å². The van der Waals surface area contributed by atoms with E-state index in [2.05, 4.69) is 4.72 Å². The second-order valence-corrected chi connectivity index (χ2v) is 12.8. The second-order valence-electron chi connectivity index (χ2n) is 8.69. The SMILES string of the molecule is O=P(O)(O)Cc1cc(Cl)c(Oc2ccc(O)c(S(=O)(=O)NC3CC4CCC3CC4)c2)c(Cl)c1. The Morgan fingerprint density at radius 3 is 2.24 bits per heavy atom. The Hall–Kier alpha value is -1.32. The van der Waals surface area contributed by atoms with E-state index in [1.807, 2.05) is 0 Å². The predicted octanol–water partition coefficient (Wildman–Crippen LogP) is 5.03. The lowest BCUT2D eigenvalue weighted by Gasteiger charge is -2.42. The van der Waals surface area contributed by atoms with Crippen molar-refractivity contribution in [2.24, 2.45) is 11.8 Å². The Morgan fingerprint density at radius 1 is 1.06 bits per heavy atom. The molecule has 3 aliphatic rings. The number of benzene rings is 2. The summed E-state index contributed by atoms with van der Waals surface area (Å²) < 4.78 is 45.8. The highest BCUT2D eigenvalue weighted by molar-refractivity contribution is 7.89. The van der Waals surface area contributed by atoms with E-state index in [0.717, 1.165) is 32.1 Å². The zero-order chi connectivity index (χ0) is 24.0. The fraction of sp³-hybridized carbons (Fsp3) is 0.429. The van der Waals surface area contributed by atoms with Gasteiger partial charge in [-0.25, -0.2) is 13.1 Å². The number of hydrogen-bond donors (Lipinski definition) is 4. The van der Waals surface area contributed by atoms with Gasteiger partial charge >= 0.3 is 7.60 Å². The van der Waals surface area contributed by atoms with Crippen molar-refractivity contribution in [2.45, 2.75) is 49.2 Å². The molecular formula is C21H24Cl2NO7PS. The molecule has 0 amide bonds. The molecule has 0 radical (unpaired) electrons. The van der Waals surface area contributed by atoms with Crippen molar-refractivity contribution in [1.82, 2.24) is 4.72 Å². The predicted molar refractivity (Wildman–Crippen MR) is 125 cm³/mol. The first-order chi connectivity index (χ1) is 15.4. The highest BCUT2D eigenvalue weighted by Gasteiger charge is 2.38. The lowest BCUT2D eigenvalue weighted by molar-refractivity contribution is 0.138. The maximum absolute atomic E-state index is 13.1. The van der Waals surface area contributed by atoms with Crippen LogP contribution in [0.2, 0.25) is 10.0 Å². The van der Waals surface area contributed by atoms with E-state index < -0.39 is 29.5 Å². The normalized spacial score (nSPS) is 23.0. The van der Waals surface area contributed by atoms with E-state index in [1.54, 1.807) is 0 Å². The number of halogens is 2. The summed E-state index contributed by atoms with van der Waals surface area (Å²) in [6, 6.07) is 6.25. The van der Waals surface area contributed by atoms with Crippen LogP contribution >= 0.6 is 30.8 Å². The first kappa shape index (κ1) is 24.8. The minimum atomic E-state index is -4.32. The number of phenolic OH excluding ortho intramolecular Hbond substituents is 1. The molecule has 4 N–H and O–H groups in total. The largest absolute Gasteiger partial charge is 0.507 e. The quantitative estimate of drug-likeness (QED) is 0.365. The van der Waals surface area contributed by atoms with Gasteiger partial charge in [0, 0.05) is 12.1 Å². The summed E-state index contributed by atoms with van der Waals surface area (Å²) in [7, 11) is -8.33. The van der Waals surface area contributed by atoms with Gasteiger partial charge in [-0.15, -0.1) is 0 Å². The van der Waals surface area contributed by atoms with Crippen LogP contribution in [0.25, 0.3) is 0 Å². The molecule has 5 rings (SSSR count). The smallest absolute Gasteiger partial charge is 0.329 e. The van der Waals surface area contributed by atoms with Crippen molar-refractivity contribution in [3.63, 3.8) is 0 Å². The molecule has 0 aliphatic heterocycles. The maximum Gasteiger partial charge on any atom is 0.329 e. The average Bonchev–Trinajstić information content (AvgIpc) is 2.71. The van der Waals surface area contributed by atoms with Gasteiger partial charge in [-0.3, -0.25) is 4.57 Å². The molecule has 2 aromatic carbocycles. The van der Waals surface area contributed by atoms with Crippen LogP contribution in [0.5, 0.6) is 17.2 Å². The molecule has 0 spiro atoms. The molecule has 33 heavy (non-hydrogen) atoms. The molecule has 0 saturated heterocycles. The first-order valence-electron chi connectivity index (χ1n) is 10.5. The zero-order valence-electron chi connectivity index (χ0n) is 17.4. The third-order valence-electron chi connectivity index (χ3n) is 6.24. The van der Waals surface area contributed by atoms with Crippen molar-refractivity contribution < 1.29 is 32.6 Å². The third kappa shape index (κ3) is 5.85. The molecule has 1 unspecified atom stereocenters. The molecule has 8 nitrogen and oxygen atoms in total. The molecule has 12 heteroatoms. The number of aromatic hydroxyl groups is 1. The molecule has 3 saturated carbocycles. The summed E-state index contributed by atoms with van der Waals surface area (Å²) >= 11 is 12.4. The van der Waals surface area contributed by atoms with Crippen molar-refractivity contribution >= 4 is 40.8 Å². The number of hydrogen-bond acceptors (Lipinski definition) is 5. The van der Waals surface area contributed by atoms with E-state index in [9.17, 15) is 18.1 Å². The number of ether oxygens (including phenoxy) is 1. The van der Waals surface area contributed by atoms with Gasteiger partial charge in [0.25, 0.3) is 0 Å². The number of nitrogens with one attached hydrogen (secondary N) is 1. The number of rotatable bonds is 7. The summed E-state index contributed by atoms with van der Waals surface area (Å²) in [5, 5.41) is 10.3. The summed E-state index contributed by atoms with van der Waals surface area (Å²) in [5.74, 6) is 0.494.